The molecule has 1 saturated heterocycles. The summed E-state index contributed by atoms with van der Waals surface area (Å²) in [5, 5.41) is 5.67. The average Bonchev–Trinajstić information content (AvgIpc) is 3.03. The van der Waals surface area contributed by atoms with Crippen LogP contribution in [0.4, 0.5) is 11.4 Å². The Morgan fingerprint density at radius 1 is 1.36 bits per heavy atom. The van der Waals surface area contributed by atoms with E-state index < -0.39 is 0 Å². The third-order valence-corrected chi connectivity index (χ3v) is 4.96. The maximum atomic E-state index is 12.6. The first-order chi connectivity index (χ1) is 12.1. The number of para-hydroxylation sites is 2. The molecule has 2 unspecified atom stereocenters. The molecule has 3 N–H and O–H groups in total. The van der Waals surface area contributed by atoms with Crippen molar-refractivity contribution in [2.75, 3.05) is 29.9 Å². The topological polar surface area (TPSA) is 80.5 Å². The standard InChI is InChI=1S/C18H24N4O2S/c1-12-9-22(10-13(2)24-12)16-6-4-3-5-14(16)21-18(23)15-11-25-17(20-15)7-8-19/h3-6,11-13H,7-10,19H2,1-2H3,(H,21,23). The molecule has 1 aromatic heterocycles. The quantitative estimate of drug-likeness (QED) is 0.856. The Morgan fingerprint density at radius 2 is 2.08 bits per heavy atom. The Hall–Kier alpha value is -1.96. The summed E-state index contributed by atoms with van der Waals surface area (Å²) in [6.45, 7) is 6.27. The van der Waals surface area contributed by atoms with E-state index in [1.807, 2.05) is 24.3 Å². The van der Waals surface area contributed by atoms with E-state index >= 15 is 0 Å². The highest BCUT2D eigenvalue weighted by Gasteiger charge is 2.24. The summed E-state index contributed by atoms with van der Waals surface area (Å²) in [4.78, 5) is 19.2. The summed E-state index contributed by atoms with van der Waals surface area (Å²) in [6.07, 6.45) is 1.01. The lowest BCUT2D eigenvalue weighted by Crippen LogP contribution is -2.45. The maximum absolute atomic E-state index is 12.6. The summed E-state index contributed by atoms with van der Waals surface area (Å²) in [5.41, 5.74) is 7.78. The summed E-state index contributed by atoms with van der Waals surface area (Å²) < 4.78 is 5.81. The van der Waals surface area contributed by atoms with Gasteiger partial charge in [-0.25, -0.2) is 4.98 Å². The normalized spacial score (nSPS) is 20.5. The first-order valence-corrected chi connectivity index (χ1v) is 9.40. The van der Waals surface area contributed by atoms with Crippen LogP contribution >= 0.6 is 11.3 Å². The van der Waals surface area contributed by atoms with Crippen molar-refractivity contribution >= 4 is 28.6 Å². The van der Waals surface area contributed by atoms with E-state index in [2.05, 4.69) is 29.0 Å². The van der Waals surface area contributed by atoms with Crippen molar-refractivity contribution in [3.63, 3.8) is 0 Å². The molecule has 3 rings (SSSR count). The zero-order valence-corrected chi connectivity index (χ0v) is 15.4. The molecular weight excluding hydrogens is 336 g/mol. The molecule has 0 spiro atoms. The van der Waals surface area contributed by atoms with Crippen molar-refractivity contribution in [3.8, 4) is 0 Å². The predicted octanol–water partition coefficient (Wildman–Crippen LogP) is 2.51. The monoisotopic (exact) mass is 360 g/mol. The van der Waals surface area contributed by atoms with Crippen molar-refractivity contribution in [2.24, 2.45) is 5.73 Å². The highest BCUT2D eigenvalue weighted by Crippen LogP contribution is 2.29. The molecule has 25 heavy (non-hydrogen) atoms. The molecule has 134 valence electrons. The average molecular weight is 360 g/mol. The van der Waals surface area contributed by atoms with Crippen molar-refractivity contribution < 1.29 is 9.53 Å². The second-order valence-corrected chi connectivity index (χ2v) is 7.24. The number of morpholine rings is 1. The van der Waals surface area contributed by atoms with Gasteiger partial charge in [-0.3, -0.25) is 4.79 Å². The number of anilines is 2. The zero-order valence-electron chi connectivity index (χ0n) is 14.6. The molecule has 1 aliphatic rings. The fourth-order valence-corrected chi connectivity index (χ4v) is 3.86. The number of benzene rings is 1. The Labute approximate surface area is 152 Å². The van der Waals surface area contributed by atoms with E-state index in [4.69, 9.17) is 10.5 Å². The summed E-state index contributed by atoms with van der Waals surface area (Å²) in [5.74, 6) is -0.193. The van der Waals surface area contributed by atoms with Gasteiger partial charge in [-0.2, -0.15) is 0 Å². The van der Waals surface area contributed by atoms with Gasteiger partial charge in [-0.1, -0.05) is 12.1 Å². The number of aromatic nitrogens is 1. The van der Waals surface area contributed by atoms with Crippen LogP contribution < -0.4 is 16.0 Å². The molecule has 0 saturated carbocycles. The first-order valence-electron chi connectivity index (χ1n) is 8.52. The first kappa shape index (κ1) is 17.8. The SMILES string of the molecule is CC1CN(c2ccccc2NC(=O)c2csc(CCN)n2)CC(C)O1. The number of ether oxygens (including phenoxy) is 1. The van der Waals surface area contributed by atoms with Crippen LogP contribution in [-0.2, 0) is 11.2 Å². The van der Waals surface area contributed by atoms with Gasteiger partial charge in [0.1, 0.15) is 5.69 Å². The molecule has 7 heteroatoms. The van der Waals surface area contributed by atoms with Crippen molar-refractivity contribution in [2.45, 2.75) is 32.5 Å². The van der Waals surface area contributed by atoms with E-state index in [9.17, 15) is 4.79 Å². The van der Waals surface area contributed by atoms with Crippen LogP contribution in [0.25, 0.3) is 0 Å². The minimum atomic E-state index is -0.193. The summed E-state index contributed by atoms with van der Waals surface area (Å²) in [6, 6.07) is 7.86. The van der Waals surface area contributed by atoms with Crippen LogP contribution in [0.3, 0.4) is 0 Å². The lowest BCUT2D eigenvalue weighted by Gasteiger charge is -2.37. The highest BCUT2D eigenvalue weighted by atomic mass is 32.1. The van der Waals surface area contributed by atoms with E-state index in [0.717, 1.165) is 29.5 Å². The third kappa shape index (κ3) is 4.36. The number of hydrogen-bond acceptors (Lipinski definition) is 6. The fraction of sp³-hybridized carbons (Fsp3) is 0.444. The molecule has 2 heterocycles. The Kier molecular flexibility index (Phi) is 5.67. The second-order valence-electron chi connectivity index (χ2n) is 6.30. The summed E-state index contributed by atoms with van der Waals surface area (Å²) >= 11 is 1.47. The minimum Gasteiger partial charge on any atom is -0.372 e. The van der Waals surface area contributed by atoms with Gasteiger partial charge in [0.25, 0.3) is 5.91 Å². The van der Waals surface area contributed by atoms with Crippen LogP contribution in [0.15, 0.2) is 29.6 Å². The Morgan fingerprint density at radius 3 is 2.80 bits per heavy atom. The number of carbonyl (C=O) groups is 1. The molecule has 1 aromatic carbocycles. The molecule has 6 nitrogen and oxygen atoms in total. The number of nitrogens with two attached hydrogens (primary N) is 1. The lowest BCUT2D eigenvalue weighted by atomic mass is 10.1. The Balaban J connectivity index is 1.77. The van der Waals surface area contributed by atoms with Crippen LogP contribution in [0.1, 0.15) is 29.3 Å². The van der Waals surface area contributed by atoms with E-state index in [0.29, 0.717) is 18.7 Å². The van der Waals surface area contributed by atoms with Crippen molar-refractivity contribution in [1.29, 1.82) is 0 Å². The van der Waals surface area contributed by atoms with Gasteiger partial charge in [0.2, 0.25) is 0 Å². The van der Waals surface area contributed by atoms with Crippen LogP contribution in [-0.4, -0.2) is 42.7 Å². The second kappa shape index (κ2) is 7.95. The zero-order chi connectivity index (χ0) is 17.8. The number of nitrogens with zero attached hydrogens (tertiary/aromatic N) is 2. The van der Waals surface area contributed by atoms with Gasteiger partial charge >= 0.3 is 0 Å². The van der Waals surface area contributed by atoms with E-state index in [1.54, 1.807) is 5.38 Å². The number of nitrogens with one attached hydrogen (secondary N) is 1. The van der Waals surface area contributed by atoms with E-state index in [-0.39, 0.29) is 18.1 Å². The lowest BCUT2D eigenvalue weighted by molar-refractivity contribution is -0.00517. The van der Waals surface area contributed by atoms with Gasteiger partial charge in [-0.15, -0.1) is 11.3 Å². The Bertz CT molecular complexity index is 723. The molecule has 2 atom stereocenters. The number of carbonyl (C=O) groups excluding carboxylic acids is 1. The fourth-order valence-electron chi connectivity index (χ4n) is 3.07. The van der Waals surface area contributed by atoms with Crippen molar-refractivity contribution in [1.82, 2.24) is 4.98 Å². The molecule has 0 bridgehead atoms. The number of rotatable bonds is 5. The largest absolute Gasteiger partial charge is 0.372 e. The molecule has 1 fully saturated rings. The number of hydrogen-bond donors (Lipinski definition) is 2. The minimum absolute atomic E-state index is 0.157. The third-order valence-electron chi connectivity index (χ3n) is 4.06. The van der Waals surface area contributed by atoms with E-state index in [1.165, 1.54) is 11.3 Å². The molecule has 2 aromatic rings. The number of thiazole rings is 1. The molecule has 0 radical (unpaired) electrons. The summed E-state index contributed by atoms with van der Waals surface area (Å²) in [7, 11) is 0. The van der Waals surface area contributed by atoms with Gasteiger partial charge < -0.3 is 20.7 Å². The van der Waals surface area contributed by atoms with Gasteiger partial charge in [-0.05, 0) is 32.5 Å². The van der Waals surface area contributed by atoms with Gasteiger partial charge in [0, 0.05) is 24.9 Å². The van der Waals surface area contributed by atoms with Crippen molar-refractivity contribution in [3.05, 3.63) is 40.3 Å². The van der Waals surface area contributed by atoms with Gasteiger partial charge in [0.05, 0.1) is 28.6 Å². The molecule has 1 aliphatic heterocycles. The van der Waals surface area contributed by atoms with Crippen LogP contribution in [0.5, 0.6) is 0 Å². The molecule has 1 amide bonds. The molecule has 0 aliphatic carbocycles. The molecular formula is C18H24N4O2S. The predicted molar refractivity (Wildman–Crippen MR) is 101 cm³/mol. The van der Waals surface area contributed by atoms with Gasteiger partial charge in [0.15, 0.2) is 0 Å². The smallest absolute Gasteiger partial charge is 0.275 e. The van der Waals surface area contributed by atoms with Crippen LogP contribution in [0.2, 0.25) is 0 Å². The van der Waals surface area contributed by atoms with Crippen LogP contribution in [0, 0.1) is 0 Å². The maximum Gasteiger partial charge on any atom is 0.275 e. The highest BCUT2D eigenvalue weighted by molar-refractivity contribution is 7.09. The number of amides is 1.